The maximum atomic E-state index is 11.7. The van der Waals surface area contributed by atoms with Crippen LogP contribution in [-0.2, 0) is 9.53 Å². The lowest BCUT2D eigenvalue weighted by molar-refractivity contribution is -0.153. The van der Waals surface area contributed by atoms with Crippen molar-refractivity contribution in [1.82, 2.24) is 0 Å². The molecule has 4 heteroatoms. The monoisotopic (exact) mass is 263 g/mol. The minimum Gasteiger partial charge on any atom is -0.482 e. The Morgan fingerprint density at radius 1 is 1.21 bits per heavy atom. The first kappa shape index (κ1) is 13.7. The number of benzene rings is 1. The summed E-state index contributed by atoms with van der Waals surface area (Å²) in [6.45, 7) is 2.19. The number of anilines is 1. The van der Waals surface area contributed by atoms with Gasteiger partial charge in [-0.2, -0.15) is 0 Å². The molecule has 1 saturated carbocycles. The maximum absolute atomic E-state index is 11.7. The van der Waals surface area contributed by atoms with Crippen LogP contribution in [0.15, 0.2) is 24.3 Å². The zero-order valence-electron chi connectivity index (χ0n) is 11.3. The van der Waals surface area contributed by atoms with Crippen LogP contribution in [0.3, 0.4) is 0 Å². The summed E-state index contributed by atoms with van der Waals surface area (Å²) < 4.78 is 10.8. The fourth-order valence-electron chi connectivity index (χ4n) is 2.27. The van der Waals surface area contributed by atoms with Crippen molar-refractivity contribution in [2.24, 2.45) is 5.92 Å². The molecule has 1 aromatic rings. The van der Waals surface area contributed by atoms with E-state index in [2.05, 4.69) is 6.92 Å². The molecule has 2 rings (SSSR count). The molecule has 0 radical (unpaired) electrons. The lowest BCUT2D eigenvalue weighted by Gasteiger charge is -2.25. The first-order valence-electron chi connectivity index (χ1n) is 6.81. The maximum Gasteiger partial charge on any atom is 0.344 e. The van der Waals surface area contributed by atoms with Crippen LogP contribution in [0.4, 0.5) is 5.69 Å². The zero-order chi connectivity index (χ0) is 13.7. The van der Waals surface area contributed by atoms with E-state index in [1.54, 1.807) is 24.3 Å². The first-order valence-corrected chi connectivity index (χ1v) is 6.81. The second-order valence-corrected chi connectivity index (χ2v) is 5.23. The van der Waals surface area contributed by atoms with E-state index >= 15 is 0 Å². The number of carbonyl (C=O) groups excluding carboxylic acids is 1. The van der Waals surface area contributed by atoms with Crippen molar-refractivity contribution in [2.45, 2.75) is 38.7 Å². The molecule has 1 aliphatic carbocycles. The van der Waals surface area contributed by atoms with E-state index in [4.69, 9.17) is 15.2 Å². The van der Waals surface area contributed by atoms with Crippen LogP contribution >= 0.6 is 0 Å². The van der Waals surface area contributed by atoms with Crippen molar-refractivity contribution in [1.29, 1.82) is 0 Å². The van der Waals surface area contributed by atoms with Crippen LogP contribution in [0, 0.1) is 5.92 Å². The quantitative estimate of drug-likeness (QED) is 0.670. The smallest absolute Gasteiger partial charge is 0.344 e. The second-order valence-electron chi connectivity index (χ2n) is 5.23. The number of rotatable bonds is 4. The molecule has 19 heavy (non-hydrogen) atoms. The molecule has 4 nitrogen and oxygen atoms in total. The lowest BCUT2D eigenvalue weighted by Crippen LogP contribution is -2.26. The van der Waals surface area contributed by atoms with Crippen molar-refractivity contribution < 1.29 is 14.3 Å². The Labute approximate surface area is 113 Å². The van der Waals surface area contributed by atoms with E-state index in [1.807, 2.05) is 0 Å². The van der Waals surface area contributed by atoms with Gasteiger partial charge >= 0.3 is 5.97 Å². The van der Waals surface area contributed by atoms with Gasteiger partial charge in [0.15, 0.2) is 6.61 Å². The van der Waals surface area contributed by atoms with Gasteiger partial charge in [-0.25, -0.2) is 4.79 Å². The molecule has 0 atom stereocenters. The van der Waals surface area contributed by atoms with Crippen LogP contribution < -0.4 is 10.5 Å². The Hall–Kier alpha value is -1.71. The lowest BCUT2D eigenvalue weighted by atomic mass is 9.89. The molecular formula is C15H21NO3. The Morgan fingerprint density at radius 3 is 2.47 bits per heavy atom. The van der Waals surface area contributed by atoms with Crippen LogP contribution in [-0.4, -0.2) is 18.7 Å². The third-order valence-corrected chi connectivity index (χ3v) is 3.50. The SMILES string of the molecule is CC1CCC(OC(=O)COc2ccc(N)cc2)CC1. The Bertz CT molecular complexity index is 408. The summed E-state index contributed by atoms with van der Waals surface area (Å²) in [4.78, 5) is 11.7. The molecule has 104 valence electrons. The van der Waals surface area contributed by atoms with E-state index in [1.165, 1.54) is 0 Å². The van der Waals surface area contributed by atoms with Gasteiger partial charge in [0.1, 0.15) is 11.9 Å². The molecule has 1 fully saturated rings. The average molecular weight is 263 g/mol. The molecule has 1 aromatic carbocycles. The summed E-state index contributed by atoms with van der Waals surface area (Å²) in [5.74, 6) is 1.08. The van der Waals surface area contributed by atoms with Crippen LogP contribution in [0.1, 0.15) is 32.6 Å². The summed E-state index contributed by atoms with van der Waals surface area (Å²) in [7, 11) is 0. The Morgan fingerprint density at radius 2 is 1.84 bits per heavy atom. The Balaban J connectivity index is 1.71. The van der Waals surface area contributed by atoms with Crippen molar-refractivity contribution in [3.8, 4) is 5.75 Å². The van der Waals surface area contributed by atoms with Crippen molar-refractivity contribution in [3.05, 3.63) is 24.3 Å². The number of ether oxygens (including phenoxy) is 2. The minimum atomic E-state index is -0.295. The van der Waals surface area contributed by atoms with Crippen LogP contribution in [0.2, 0.25) is 0 Å². The topological polar surface area (TPSA) is 61.5 Å². The Kier molecular flexibility index (Phi) is 4.66. The van der Waals surface area contributed by atoms with Crippen LogP contribution in [0.5, 0.6) is 5.75 Å². The van der Waals surface area contributed by atoms with Gasteiger partial charge in [-0.15, -0.1) is 0 Å². The molecule has 0 amide bonds. The van der Waals surface area contributed by atoms with E-state index in [0.29, 0.717) is 11.4 Å². The highest BCUT2D eigenvalue weighted by atomic mass is 16.6. The van der Waals surface area contributed by atoms with Gasteiger partial charge in [0.25, 0.3) is 0 Å². The zero-order valence-corrected chi connectivity index (χ0v) is 11.3. The fraction of sp³-hybridized carbons (Fsp3) is 0.533. The number of nitrogen functional groups attached to an aromatic ring is 1. The highest BCUT2D eigenvalue weighted by Gasteiger charge is 2.21. The molecular weight excluding hydrogens is 242 g/mol. The number of nitrogens with two attached hydrogens (primary N) is 1. The van der Waals surface area contributed by atoms with Crippen molar-refractivity contribution >= 4 is 11.7 Å². The normalized spacial score (nSPS) is 22.8. The number of hydrogen-bond acceptors (Lipinski definition) is 4. The molecule has 0 aromatic heterocycles. The largest absolute Gasteiger partial charge is 0.482 e. The highest BCUT2D eigenvalue weighted by molar-refractivity contribution is 5.71. The third-order valence-electron chi connectivity index (χ3n) is 3.50. The molecule has 0 saturated heterocycles. The van der Waals surface area contributed by atoms with Gasteiger partial charge in [-0.1, -0.05) is 6.92 Å². The minimum absolute atomic E-state index is 0.0457. The third kappa shape index (κ3) is 4.47. The molecule has 0 aliphatic heterocycles. The standard InChI is InChI=1S/C15H21NO3/c1-11-2-6-14(7-3-11)19-15(17)10-18-13-8-4-12(16)5-9-13/h4-5,8-9,11,14H,2-3,6-7,10,16H2,1H3. The second kappa shape index (κ2) is 6.45. The summed E-state index contributed by atoms with van der Waals surface area (Å²) in [6.07, 6.45) is 4.27. The number of hydrogen-bond donors (Lipinski definition) is 1. The summed E-state index contributed by atoms with van der Waals surface area (Å²) >= 11 is 0. The summed E-state index contributed by atoms with van der Waals surface area (Å²) in [5, 5.41) is 0. The van der Waals surface area contributed by atoms with Gasteiger partial charge in [-0.3, -0.25) is 0 Å². The van der Waals surface area contributed by atoms with Gasteiger partial charge < -0.3 is 15.2 Å². The molecule has 1 aliphatic rings. The van der Waals surface area contributed by atoms with Gasteiger partial charge in [-0.05, 0) is 55.9 Å². The summed E-state index contributed by atoms with van der Waals surface area (Å²) in [6, 6.07) is 6.96. The van der Waals surface area contributed by atoms with Crippen molar-refractivity contribution in [3.63, 3.8) is 0 Å². The van der Waals surface area contributed by atoms with E-state index in [9.17, 15) is 4.79 Å². The average Bonchev–Trinajstić information content (AvgIpc) is 2.41. The molecule has 0 bridgehead atoms. The number of esters is 1. The summed E-state index contributed by atoms with van der Waals surface area (Å²) in [5.41, 5.74) is 6.24. The predicted octanol–water partition coefficient (Wildman–Crippen LogP) is 2.77. The molecule has 0 unspecified atom stereocenters. The molecule has 2 N–H and O–H groups in total. The molecule has 0 heterocycles. The van der Waals surface area contributed by atoms with Crippen LogP contribution in [0.25, 0.3) is 0 Å². The van der Waals surface area contributed by atoms with E-state index in [0.717, 1.165) is 31.6 Å². The fourth-order valence-corrected chi connectivity index (χ4v) is 2.27. The van der Waals surface area contributed by atoms with E-state index < -0.39 is 0 Å². The van der Waals surface area contributed by atoms with Gasteiger partial charge in [0.2, 0.25) is 0 Å². The predicted molar refractivity (Wildman–Crippen MR) is 73.9 cm³/mol. The number of carbonyl (C=O) groups is 1. The molecule has 0 spiro atoms. The van der Waals surface area contributed by atoms with E-state index in [-0.39, 0.29) is 18.7 Å². The van der Waals surface area contributed by atoms with Crippen molar-refractivity contribution in [2.75, 3.05) is 12.3 Å². The van der Waals surface area contributed by atoms with Gasteiger partial charge in [0, 0.05) is 5.69 Å². The van der Waals surface area contributed by atoms with Gasteiger partial charge in [0.05, 0.1) is 0 Å². The highest BCUT2D eigenvalue weighted by Crippen LogP contribution is 2.25. The first-order chi connectivity index (χ1) is 9.13.